The van der Waals surface area contributed by atoms with Crippen LogP contribution < -0.4 is 0 Å². The van der Waals surface area contributed by atoms with Crippen molar-refractivity contribution in [3.05, 3.63) is 24.0 Å². The van der Waals surface area contributed by atoms with Gasteiger partial charge in [-0.15, -0.1) is 0 Å². The average molecular weight is 250 g/mol. The van der Waals surface area contributed by atoms with E-state index in [-0.39, 0.29) is 17.6 Å². The fourth-order valence-corrected chi connectivity index (χ4v) is 2.74. The Labute approximate surface area is 108 Å². The van der Waals surface area contributed by atoms with E-state index in [4.69, 9.17) is 0 Å². The van der Waals surface area contributed by atoms with Gasteiger partial charge in [0.1, 0.15) is 0 Å². The first-order chi connectivity index (χ1) is 8.49. The molecule has 0 spiro atoms. The zero-order valence-corrected chi connectivity index (χ0v) is 11.1. The summed E-state index contributed by atoms with van der Waals surface area (Å²) in [5.41, 5.74) is 0.964. The molecule has 0 bridgehead atoms. The number of β-amino-alcohol motifs (C(OH)–C–C–N with tert-alkyl or cyclic N) is 1. The number of aromatic amines is 1. The van der Waals surface area contributed by atoms with E-state index >= 15 is 0 Å². The van der Waals surface area contributed by atoms with Crippen LogP contribution in [-0.2, 0) is 11.2 Å². The number of amides is 1. The number of carbonyl (C=O) groups excluding carboxylic acids is 1. The van der Waals surface area contributed by atoms with Crippen molar-refractivity contribution < 1.29 is 9.90 Å². The number of nitrogens with one attached hydrogen (secondary N) is 1. The zero-order valence-electron chi connectivity index (χ0n) is 11.1. The molecule has 18 heavy (non-hydrogen) atoms. The molecule has 0 radical (unpaired) electrons. The van der Waals surface area contributed by atoms with Crippen LogP contribution in [-0.4, -0.2) is 39.1 Å². The summed E-state index contributed by atoms with van der Waals surface area (Å²) in [4.78, 5) is 17.1. The van der Waals surface area contributed by atoms with Crippen LogP contribution in [0.5, 0.6) is 0 Å². The molecule has 1 aromatic heterocycles. The standard InChI is InChI=1S/C14H22N2O2/c1-14(2)9-12(17)10-16(14)13(18)7-3-5-11-6-4-8-15-11/h4,6,8,12,15,17H,3,5,7,9-10H2,1-2H3. The lowest BCUT2D eigenvalue weighted by Crippen LogP contribution is -2.42. The Morgan fingerprint density at radius 1 is 1.61 bits per heavy atom. The molecule has 1 aromatic rings. The van der Waals surface area contributed by atoms with Crippen LogP contribution in [0, 0.1) is 0 Å². The van der Waals surface area contributed by atoms with Crippen LogP contribution in [0.3, 0.4) is 0 Å². The molecule has 1 atom stereocenters. The van der Waals surface area contributed by atoms with Crippen LogP contribution in [0.2, 0.25) is 0 Å². The molecule has 1 aliphatic rings. The summed E-state index contributed by atoms with van der Waals surface area (Å²) in [5.74, 6) is 0.156. The number of nitrogens with zero attached hydrogens (tertiary/aromatic N) is 1. The van der Waals surface area contributed by atoms with Crippen molar-refractivity contribution in [2.24, 2.45) is 0 Å². The first-order valence-electron chi connectivity index (χ1n) is 6.60. The molecule has 0 saturated carbocycles. The Bertz CT molecular complexity index is 398. The van der Waals surface area contributed by atoms with E-state index in [2.05, 4.69) is 4.98 Å². The molecular weight excluding hydrogens is 228 g/mol. The molecule has 2 N–H and O–H groups in total. The van der Waals surface area contributed by atoms with E-state index in [1.54, 1.807) is 0 Å². The number of carbonyl (C=O) groups is 1. The van der Waals surface area contributed by atoms with E-state index in [1.165, 1.54) is 5.69 Å². The molecule has 4 nitrogen and oxygen atoms in total. The average Bonchev–Trinajstić information content (AvgIpc) is 2.85. The first-order valence-corrected chi connectivity index (χ1v) is 6.60. The van der Waals surface area contributed by atoms with E-state index in [9.17, 15) is 9.90 Å². The molecule has 1 amide bonds. The summed E-state index contributed by atoms with van der Waals surface area (Å²) >= 11 is 0. The molecule has 100 valence electrons. The second-order valence-electron chi connectivity index (χ2n) is 5.72. The summed E-state index contributed by atoms with van der Waals surface area (Å²) in [6, 6.07) is 4.01. The highest BCUT2D eigenvalue weighted by Gasteiger charge is 2.39. The van der Waals surface area contributed by atoms with E-state index in [0.29, 0.717) is 19.4 Å². The molecular formula is C14H22N2O2. The highest BCUT2D eigenvalue weighted by molar-refractivity contribution is 5.77. The van der Waals surface area contributed by atoms with Gasteiger partial charge >= 0.3 is 0 Å². The van der Waals surface area contributed by atoms with E-state index in [1.807, 2.05) is 37.1 Å². The van der Waals surface area contributed by atoms with Gasteiger partial charge in [-0.3, -0.25) is 4.79 Å². The number of aliphatic hydroxyl groups excluding tert-OH is 1. The monoisotopic (exact) mass is 250 g/mol. The Morgan fingerprint density at radius 3 is 2.94 bits per heavy atom. The third kappa shape index (κ3) is 2.93. The van der Waals surface area contributed by atoms with Gasteiger partial charge in [0.05, 0.1) is 6.10 Å². The molecule has 0 aromatic carbocycles. The Balaban J connectivity index is 1.81. The molecule has 1 saturated heterocycles. The van der Waals surface area contributed by atoms with Crippen LogP contribution in [0.15, 0.2) is 18.3 Å². The fraction of sp³-hybridized carbons (Fsp3) is 0.643. The van der Waals surface area contributed by atoms with Gasteiger partial charge in [-0.05, 0) is 45.2 Å². The van der Waals surface area contributed by atoms with Crippen molar-refractivity contribution in [3.63, 3.8) is 0 Å². The lowest BCUT2D eigenvalue weighted by molar-refractivity contribution is -0.134. The quantitative estimate of drug-likeness (QED) is 0.854. The van der Waals surface area contributed by atoms with Crippen molar-refractivity contribution in [1.82, 2.24) is 9.88 Å². The minimum absolute atomic E-state index is 0.156. The number of aliphatic hydroxyl groups is 1. The number of H-pyrrole nitrogens is 1. The van der Waals surface area contributed by atoms with Gasteiger partial charge in [-0.1, -0.05) is 0 Å². The third-order valence-electron chi connectivity index (χ3n) is 3.66. The lowest BCUT2D eigenvalue weighted by atomic mass is 10.0. The Morgan fingerprint density at radius 2 is 2.39 bits per heavy atom. The van der Waals surface area contributed by atoms with Crippen molar-refractivity contribution in [2.75, 3.05) is 6.54 Å². The number of rotatable bonds is 4. The van der Waals surface area contributed by atoms with Gasteiger partial charge in [-0.2, -0.15) is 0 Å². The largest absolute Gasteiger partial charge is 0.391 e. The minimum Gasteiger partial charge on any atom is -0.391 e. The van der Waals surface area contributed by atoms with Crippen LogP contribution in [0.4, 0.5) is 0 Å². The third-order valence-corrected chi connectivity index (χ3v) is 3.66. The molecule has 0 aliphatic carbocycles. The van der Waals surface area contributed by atoms with Gasteiger partial charge < -0.3 is 15.0 Å². The SMILES string of the molecule is CC1(C)CC(O)CN1C(=O)CCCc1ccc[nH]1. The van der Waals surface area contributed by atoms with Crippen molar-refractivity contribution in [3.8, 4) is 0 Å². The normalized spacial score (nSPS) is 22.4. The van der Waals surface area contributed by atoms with Gasteiger partial charge in [0.25, 0.3) is 0 Å². The Hall–Kier alpha value is -1.29. The topological polar surface area (TPSA) is 56.3 Å². The maximum absolute atomic E-state index is 12.1. The van der Waals surface area contributed by atoms with Crippen LogP contribution in [0.25, 0.3) is 0 Å². The highest BCUT2D eigenvalue weighted by atomic mass is 16.3. The van der Waals surface area contributed by atoms with E-state index < -0.39 is 0 Å². The van der Waals surface area contributed by atoms with Crippen molar-refractivity contribution >= 4 is 5.91 Å². The maximum atomic E-state index is 12.1. The molecule has 1 fully saturated rings. The predicted molar refractivity (Wildman–Crippen MR) is 70.1 cm³/mol. The lowest BCUT2D eigenvalue weighted by Gasteiger charge is -2.31. The number of hydrogen-bond donors (Lipinski definition) is 2. The fourth-order valence-electron chi connectivity index (χ4n) is 2.74. The van der Waals surface area contributed by atoms with Crippen molar-refractivity contribution in [1.29, 1.82) is 0 Å². The smallest absolute Gasteiger partial charge is 0.223 e. The molecule has 2 rings (SSSR count). The van der Waals surface area contributed by atoms with Crippen LogP contribution in [0.1, 0.15) is 38.8 Å². The zero-order chi connectivity index (χ0) is 13.2. The summed E-state index contributed by atoms with van der Waals surface area (Å²) in [6.45, 7) is 4.52. The second kappa shape index (κ2) is 5.14. The minimum atomic E-state index is -0.368. The number of hydrogen-bond acceptors (Lipinski definition) is 2. The molecule has 1 aliphatic heterocycles. The van der Waals surface area contributed by atoms with Gasteiger partial charge in [0, 0.05) is 30.4 Å². The van der Waals surface area contributed by atoms with Gasteiger partial charge in [-0.25, -0.2) is 0 Å². The number of likely N-dealkylation sites (tertiary alicyclic amines) is 1. The van der Waals surface area contributed by atoms with Gasteiger partial charge in [0.15, 0.2) is 0 Å². The molecule has 4 heteroatoms. The van der Waals surface area contributed by atoms with Gasteiger partial charge in [0.2, 0.25) is 5.91 Å². The summed E-state index contributed by atoms with van der Waals surface area (Å²) in [7, 11) is 0. The van der Waals surface area contributed by atoms with Crippen molar-refractivity contribution in [2.45, 2.75) is 51.2 Å². The Kier molecular flexibility index (Phi) is 3.76. The first kappa shape index (κ1) is 13.1. The summed E-state index contributed by atoms with van der Waals surface area (Å²) < 4.78 is 0. The van der Waals surface area contributed by atoms with E-state index in [0.717, 1.165) is 12.8 Å². The maximum Gasteiger partial charge on any atom is 0.223 e. The van der Waals surface area contributed by atoms with Crippen LogP contribution >= 0.6 is 0 Å². The summed E-state index contributed by atoms with van der Waals surface area (Å²) in [5, 5.41) is 9.66. The second-order valence-corrected chi connectivity index (χ2v) is 5.72. The number of aromatic nitrogens is 1. The molecule has 2 heterocycles. The predicted octanol–water partition coefficient (Wildman–Crippen LogP) is 1.71. The highest BCUT2D eigenvalue weighted by Crippen LogP contribution is 2.29. The number of aryl methyl sites for hydroxylation is 1. The molecule has 1 unspecified atom stereocenters. The summed E-state index contributed by atoms with van der Waals surface area (Å²) in [6.07, 6.45) is 4.51.